The molecule has 1 N–H and O–H groups in total. The van der Waals surface area contributed by atoms with Gasteiger partial charge in [-0.05, 0) is 76.6 Å². The number of thioether (sulfide) groups is 1. The van der Waals surface area contributed by atoms with E-state index in [9.17, 15) is 27.6 Å². The third kappa shape index (κ3) is 7.55. The van der Waals surface area contributed by atoms with Crippen LogP contribution in [0.4, 0.5) is 0 Å². The van der Waals surface area contributed by atoms with Gasteiger partial charge in [-0.3, -0.25) is 19.1 Å². The standard InChI is InChI=1S/C33H38N6O8S2/c1-32(2,3)47-30(42)24(36-29(41)27-33(4,5)48-20-38(27)49(44,45)23-9-7-15-34-18-23)17-21-11-13-22(14-12-21)39-28-25(10-8-16-35-28)37(31(39)43)19-26(40)46-6/h7-16,18,24,27H,17,19-20H2,1-6H3,(H,36,41). The first kappa shape index (κ1) is 35.8. The van der Waals surface area contributed by atoms with Crippen LogP contribution in [0.2, 0.25) is 0 Å². The van der Waals surface area contributed by atoms with Crippen LogP contribution in [0.25, 0.3) is 16.9 Å². The van der Waals surface area contributed by atoms with Crippen LogP contribution in [0.3, 0.4) is 0 Å². The van der Waals surface area contributed by atoms with Crippen molar-refractivity contribution in [3.63, 3.8) is 0 Å². The minimum Gasteiger partial charge on any atom is -0.468 e. The number of carbonyl (C=O) groups excluding carboxylic acids is 3. The first-order valence-corrected chi connectivity index (χ1v) is 17.8. The molecule has 16 heteroatoms. The van der Waals surface area contributed by atoms with Gasteiger partial charge < -0.3 is 14.8 Å². The number of ether oxygens (including phenoxy) is 2. The van der Waals surface area contributed by atoms with Crippen molar-refractivity contribution in [1.29, 1.82) is 0 Å². The lowest BCUT2D eigenvalue weighted by Gasteiger charge is -2.32. The molecule has 4 aromatic rings. The SMILES string of the molecule is COC(=O)Cn1c(=O)n(-c2ccc(CC(NC(=O)C3N(S(=O)(=O)c4cccnc4)CSC3(C)C)C(=O)OC(C)(C)C)cc2)c2ncccc21. The molecule has 0 spiro atoms. The zero-order valence-corrected chi connectivity index (χ0v) is 29.6. The van der Waals surface area contributed by atoms with Gasteiger partial charge in [-0.1, -0.05) is 12.1 Å². The van der Waals surface area contributed by atoms with Crippen LogP contribution in [-0.4, -0.2) is 85.1 Å². The number of aromatic nitrogens is 4. The number of rotatable bonds is 10. The predicted octanol–water partition coefficient (Wildman–Crippen LogP) is 2.67. The lowest BCUT2D eigenvalue weighted by molar-refractivity contribution is -0.158. The number of fused-ring (bicyclic) bond motifs is 1. The molecule has 2 atom stereocenters. The van der Waals surface area contributed by atoms with Crippen LogP contribution in [0.5, 0.6) is 0 Å². The van der Waals surface area contributed by atoms with Crippen molar-refractivity contribution in [2.24, 2.45) is 0 Å². The van der Waals surface area contributed by atoms with Gasteiger partial charge in [0.05, 0.1) is 24.2 Å². The number of benzene rings is 1. The van der Waals surface area contributed by atoms with E-state index in [2.05, 4.69) is 15.3 Å². The second-order valence-corrected chi connectivity index (χ2v) is 16.4. The lowest BCUT2D eigenvalue weighted by Crippen LogP contribution is -2.57. The summed E-state index contributed by atoms with van der Waals surface area (Å²) in [6.45, 7) is 8.39. The van der Waals surface area contributed by atoms with E-state index in [1.807, 2.05) is 0 Å². The van der Waals surface area contributed by atoms with E-state index in [1.54, 1.807) is 71.0 Å². The number of amides is 1. The van der Waals surface area contributed by atoms with Gasteiger partial charge in [0.15, 0.2) is 5.65 Å². The molecule has 1 fully saturated rings. The van der Waals surface area contributed by atoms with Crippen molar-refractivity contribution in [2.75, 3.05) is 13.0 Å². The zero-order valence-electron chi connectivity index (χ0n) is 27.9. The first-order valence-electron chi connectivity index (χ1n) is 15.3. The lowest BCUT2D eigenvalue weighted by atomic mass is 10.0. The summed E-state index contributed by atoms with van der Waals surface area (Å²) in [4.78, 5) is 61.2. The van der Waals surface area contributed by atoms with Crippen LogP contribution in [0.15, 0.2) is 76.8 Å². The van der Waals surface area contributed by atoms with Crippen LogP contribution in [-0.2, 0) is 46.8 Å². The maximum Gasteiger partial charge on any atom is 0.335 e. The molecule has 1 amide bonds. The quantitative estimate of drug-likeness (QED) is 0.240. The Morgan fingerprint density at radius 2 is 1.78 bits per heavy atom. The monoisotopic (exact) mass is 710 g/mol. The Bertz CT molecular complexity index is 2040. The highest BCUT2D eigenvalue weighted by atomic mass is 32.2. The predicted molar refractivity (Wildman–Crippen MR) is 182 cm³/mol. The van der Waals surface area contributed by atoms with E-state index in [4.69, 9.17) is 9.47 Å². The second-order valence-electron chi connectivity index (χ2n) is 13.0. The summed E-state index contributed by atoms with van der Waals surface area (Å²) in [5.74, 6) is -1.90. The Morgan fingerprint density at radius 1 is 1.08 bits per heavy atom. The van der Waals surface area contributed by atoms with Crippen molar-refractivity contribution in [3.8, 4) is 5.69 Å². The number of nitrogens with zero attached hydrogens (tertiary/aromatic N) is 5. The fourth-order valence-electron chi connectivity index (χ4n) is 5.52. The number of methoxy groups -OCH3 is 1. The average molecular weight is 711 g/mol. The molecule has 2 unspecified atom stereocenters. The highest BCUT2D eigenvalue weighted by Gasteiger charge is 2.51. The minimum absolute atomic E-state index is 0.00777. The number of hydrogen-bond donors (Lipinski definition) is 1. The van der Waals surface area contributed by atoms with E-state index >= 15 is 0 Å². The smallest absolute Gasteiger partial charge is 0.335 e. The van der Waals surface area contributed by atoms with Gasteiger partial charge >= 0.3 is 17.6 Å². The van der Waals surface area contributed by atoms with E-state index < -0.39 is 56.0 Å². The molecule has 0 aliphatic carbocycles. The first-order chi connectivity index (χ1) is 23.0. The third-order valence-corrected chi connectivity index (χ3v) is 11.2. The Kier molecular flexibility index (Phi) is 10.0. The summed E-state index contributed by atoms with van der Waals surface area (Å²) in [6, 6.07) is 10.7. The van der Waals surface area contributed by atoms with E-state index in [0.29, 0.717) is 22.4 Å². The number of imidazole rings is 1. The summed E-state index contributed by atoms with van der Waals surface area (Å²) in [5, 5.41) is 2.78. The summed E-state index contributed by atoms with van der Waals surface area (Å²) < 4.78 is 40.6. The Balaban J connectivity index is 1.44. The molecule has 14 nitrogen and oxygen atoms in total. The summed E-state index contributed by atoms with van der Waals surface area (Å²) in [7, 11) is -2.85. The van der Waals surface area contributed by atoms with Gasteiger partial charge in [0.2, 0.25) is 15.9 Å². The van der Waals surface area contributed by atoms with E-state index in [0.717, 1.165) is 4.31 Å². The van der Waals surface area contributed by atoms with Crippen molar-refractivity contribution in [3.05, 3.63) is 83.2 Å². The van der Waals surface area contributed by atoms with Crippen LogP contribution in [0.1, 0.15) is 40.2 Å². The van der Waals surface area contributed by atoms with Gasteiger partial charge in [0.1, 0.15) is 29.1 Å². The van der Waals surface area contributed by atoms with Gasteiger partial charge in [-0.2, -0.15) is 4.31 Å². The largest absolute Gasteiger partial charge is 0.468 e. The van der Waals surface area contributed by atoms with Crippen molar-refractivity contribution >= 4 is 50.8 Å². The van der Waals surface area contributed by atoms with E-state index in [-0.39, 0.29) is 23.7 Å². The molecule has 5 rings (SSSR count). The van der Waals surface area contributed by atoms with Crippen molar-refractivity contribution < 1.29 is 32.3 Å². The third-order valence-electron chi connectivity index (χ3n) is 7.85. The number of carbonyl (C=O) groups is 3. The number of sulfonamides is 1. The fraction of sp³-hybridized carbons (Fsp3) is 0.394. The van der Waals surface area contributed by atoms with Crippen LogP contribution < -0.4 is 11.0 Å². The maximum absolute atomic E-state index is 14.0. The maximum atomic E-state index is 14.0. The Morgan fingerprint density at radius 3 is 2.41 bits per heavy atom. The molecule has 1 aromatic carbocycles. The topological polar surface area (TPSA) is 172 Å². The molecule has 4 heterocycles. The van der Waals surface area contributed by atoms with Crippen molar-refractivity contribution in [1.82, 2.24) is 28.7 Å². The molecule has 49 heavy (non-hydrogen) atoms. The number of hydrogen-bond acceptors (Lipinski definition) is 11. The van der Waals surface area contributed by atoms with Gasteiger partial charge in [0, 0.05) is 29.8 Å². The molecule has 0 bridgehead atoms. The highest BCUT2D eigenvalue weighted by molar-refractivity contribution is 8.02. The highest BCUT2D eigenvalue weighted by Crippen LogP contribution is 2.42. The molecular formula is C33H38N6O8S2. The average Bonchev–Trinajstić information content (AvgIpc) is 3.53. The van der Waals surface area contributed by atoms with Crippen molar-refractivity contribution in [2.45, 2.75) is 74.9 Å². The Labute approximate surface area is 287 Å². The molecule has 260 valence electrons. The van der Waals surface area contributed by atoms with E-state index in [1.165, 1.54) is 58.7 Å². The number of esters is 2. The minimum atomic E-state index is -4.09. The fourth-order valence-corrected chi connectivity index (χ4v) is 8.65. The molecule has 0 saturated carbocycles. The summed E-state index contributed by atoms with van der Waals surface area (Å²) >= 11 is 1.31. The van der Waals surface area contributed by atoms with Crippen LogP contribution >= 0.6 is 11.8 Å². The molecule has 1 aliphatic heterocycles. The van der Waals surface area contributed by atoms with Gasteiger partial charge in [0.25, 0.3) is 0 Å². The van der Waals surface area contributed by atoms with Gasteiger partial charge in [-0.15, -0.1) is 11.8 Å². The molecule has 3 aromatic heterocycles. The molecular weight excluding hydrogens is 673 g/mol. The second kappa shape index (κ2) is 13.8. The number of nitrogens with one attached hydrogen (secondary N) is 1. The molecule has 1 aliphatic rings. The van der Waals surface area contributed by atoms with Gasteiger partial charge in [-0.25, -0.2) is 27.6 Å². The molecule has 0 radical (unpaired) electrons. The normalized spacial score (nSPS) is 17.1. The number of pyridine rings is 2. The zero-order chi connectivity index (χ0) is 35.7. The summed E-state index contributed by atoms with van der Waals surface area (Å²) in [5.41, 5.74) is 0.509. The molecule has 1 saturated heterocycles. The summed E-state index contributed by atoms with van der Waals surface area (Å²) in [6.07, 6.45) is 4.24. The Hall–Kier alpha value is -4.54. The van der Waals surface area contributed by atoms with Crippen LogP contribution in [0, 0.1) is 0 Å².